The summed E-state index contributed by atoms with van der Waals surface area (Å²) in [5.41, 5.74) is 0. The standard InChI is InChI=1S/C16H26N4/c1-3-5-13-18-14(17-4-2)10-15(19-13)20-16(11-6-7-11)12-8-9-12/h10-12,16H,3-9H2,1-2H3,(H2,17,18,19,20). The number of aromatic nitrogens is 2. The van der Waals surface area contributed by atoms with E-state index in [1.54, 1.807) is 0 Å². The van der Waals surface area contributed by atoms with Crippen molar-refractivity contribution in [3.63, 3.8) is 0 Å². The molecule has 2 saturated carbocycles. The summed E-state index contributed by atoms with van der Waals surface area (Å²) in [6, 6.07) is 2.72. The molecule has 2 N–H and O–H groups in total. The van der Waals surface area contributed by atoms with Gasteiger partial charge in [0.1, 0.15) is 17.5 Å². The minimum absolute atomic E-state index is 0.647. The van der Waals surface area contributed by atoms with Gasteiger partial charge in [-0.2, -0.15) is 0 Å². The highest BCUT2D eigenvalue weighted by Gasteiger charge is 2.41. The average molecular weight is 274 g/mol. The van der Waals surface area contributed by atoms with Crippen LogP contribution in [0.5, 0.6) is 0 Å². The van der Waals surface area contributed by atoms with Crippen LogP contribution in [0.3, 0.4) is 0 Å². The first kappa shape index (κ1) is 13.7. The Balaban J connectivity index is 1.75. The zero-order valence-electron chi connectivity index (χ0n) is 12.7. The number of nitrogens with one attached hydrogen (secondary N) is 2. The van der Waals surface area contributed by atoms with Gasteiger partial charge in [0.15, 0.2) is 0 Å². The minimum atomic E-state index is 0.647. The van der Waals surface area contributed by atoms with Crippen molar-refractivity contribution in [3.8, 4) is 0 Å². The maximum absolute atomic E-state index is 4.70. The molecule has 4 nitrogen and oxygen atoms in total. The van der Waals surface area contributed by atoms with Crippen LogP contribution in [0, 0.1) is 11.8 Å². The first-order valence-corrected chi connectivity index (χ1v) is 8.18. The number of hydrogen-bond donors (Lipinski definition) is 2. The molecule has 2 fully saturated rings. The van der Waals surface area contributed by atoms with Crippen molar-refractivity contribution in [1.29, 1.82) is 0 Å². The highest BCUT2D eigenvalue weighted by Crippen LogP contribution is 2.45. The Morgan fingerprint density at radius 2 is 1.75 bits per heavy atom. The van der Waals surface area contributed by atoms with Crippen LogP contribution in [-0.4, -0.2) is 22.6 Å². The maximum Gasteiger partial charge on any atom is 0.133 e. The van der Waals surface area contributed by atoms with Gasteiger partial charge in [0.05, 0.1) is 0 Å². The summed E-state index contributed by atoms with van der Waals surface area (Å²) in [5, 5.41) is 7.03. The van der Waals surface area contributed by atoms with E-state index in [-0.39, 0.29) is 0 Å². The van der Waals surface area contributed by atoms with Crippen molar-refractivity contribution < 1.29 is 0 Å². The van der Waals surface area contributed by atoms with Gasteiger partial charge in [-0.15, -0.1) is 0 Å². The number of aryl methyl sites for hydroxylation is 1. The molecule has 20 heavy (non-hydrogen) atoms. The summed E-state index contributed by atoms with van der Waals surface area (Å²) >= 11 is 0. The molecule has 110 valence electrons. The SMILES string of the molecule is CCCc1nc(NCC)cc(NC(C2CC2)C2CC2)n1. The van der Waals surface area contributed by atoms with Crippen molar-refractivity contribution in [3.05, 3.63) is 11.9 Å². The van der Waals surface area contributed by atoms with Crippen LogP contribution in [0.4, 0.5) is 11.6 Å². The predicted molar refractivity (Wildman–Crippen MR) is 83.0 cm³/mol. The summed E-state index contributed by atoms with van der Waals surface area (Å²) in [4.78, 5) is 9.28. The van der Waals surface area contributed by atoms with Gasteiger partial charge in [0.2, 0.25) is 0 Å². The summed E-state index contributed by atoms with van der Waals surface area (Å²) in [6.45, 7) is 5.18. The predicted octanol–water partition coefficient (Wildman–Crippen LogP) is 3.46. The second-order valence-electron chi connectivity index (χ2n) is 6.18. The average Bonchev–Trinajstić information content (AvgIpc) is 3.28. The molecule has 2 aliphatic carbocycles. The molecule has 0 spiro atoms. The molecule has 0 aliphatic heterocycles. The van der Waals surface area contributed by atoms with Gasteiger partial charge in [0.25, 0.3) is 0 Å². The van der Waals surface area contributed by atoms with E-state index < -0.39 is 0 Å². The highest BCUT2D eigenvalue weighted by atomic mass is 15.1. The Labute approximate surface area is 121 Å². The van der Waals surface area contributed by atoms with Gasteiger partial charge in [-0.05, 0) is 50.9 Å². The van der Waals surface area contributed by atoms with Gasteiger partial charge < -0.3 is 10.6 Å². The largest absolute Gasteiger partial charge is 0.370 e. The fraction of sp³-hybridized carbons (Fsp3) is 0.750. The quantitative estimate of drug-likeness (QED) is 0.762. The molecule has 3 rings (SSSR count). The number of rotatable bonds is 8. The van der Waals surface area contributed by atoms with E-state index in [2.05, 4.69) is 35.5 Å². The van der Waals surface area contributed by atoms with E-state index in [0.717, 1.165) is 48.7 Å². The number of anilines is 2. The lowest BCUT2D eigenvalue weighted by molar-refractivity contribution is 0.565. The van der Waals surface area contributed by atoms with Crippen molar-refractivity contribution in [2.75, 3.05) is 17.2 Å². The van der Waals surface area contributed by atoms with Gasteiger partial charge in [-0.1, -0.05) is 6.92 Å². The Morgan fingerprint density at radius 1 is 1.10 bits per heavy atom. The van der Waals surface area contributed by atoms with Crippen LogP contribution in [0.25, 0.3) is 0 Å². The van der Waals surface area contributed by atoms with Crippen LogP contribution in [-0.2, 0) is 6.42 Å². The van der Waals surface area contributed by atoms with Crippen molar-refractivity contribution in [2.45, 2.75) is 58.4 Å². The van der Waals surface area contributed by atoms with Gasteiger partial charge in [-0.3, -0.25) is 0 Å². The first-order chi connectivity index (χ1) is 9.80. The van der Waals surface area contributed by atoms with Crippen LogP contribution in [0.1, 0.15) is 51.8 Å². The van der Waals surface area contributed by atoms with Crippen molar-refractivity contribution >= 4 is 11.6 Å². The van der Waals surface area contributed by atoms with E-state index in [1.165, 1.54) is 25.7 Å². The van der Waals surface area contributed by atoms with E-state index in [9.17, 15) is 0 Å². The van der Waals surface area contributed by atoms with Gasteiger partial charge in [0, 0.05) is 25.1 Å². The zero-order valence-corrected chi connectivity index (χ0v) is 12.7. The second-order valence-corrected chi connectivity index (χ2v) is 6.18. The molecule has 2 aliphatic rings. The van der Waals surface area contributed by atoms with Crippen molar-refractivity contribution in [1.82, 2.24) is 9.97 Å². The number of nitrogens with zero attached hydrogens (tertiary/aromatic N) is 2. The van der Waals surface area contributed by atoms with Crippen molar-refractivity contribution in [2.24, 2.45) is 11.8 Å². The Kier molecular flexibility index (Phi) is 4.08. The van der Waals surface area contributed by atoms with Crippen LogP contribution < -0.4 is 10.6 Å². The molecule has 0 saturated heterocycles. The normalized spacial score (nSPS) is 18.4. The Hall–Kier alpha value is -1.32. The molecule has 0 unspecified atom stereocenters. The monoisotopic (exact) mass is 274 g/mol. The van der Waals surface area contributed by atoms with Crippen LogP contribution in [0.15, 0.2) is 6.07 Å². The van der Waals surface area contributed by atoms with E-state index >= 15 is 0 Å². The number of hydrogen-bond acceptors (Lipinski definition) is 4. The zero-order chi connectivity index (χ0) is 13.9. The molecule has 0 radical (unpaired) electrons. The molecule has 0 bridgehead atoms. The third kappa shape index (κ3) is 3.41. The molecular formula is C16H26N4. The third-order valence-corrected chi connectivity index (χ3v) is 4.18. The lowest BCUT2D eigenvalue weighted by Gasteiger charge is -2.19. The van der Waals surface area contributed by atoms with Gasteiger partial charge >= 0.3 is 0 Å². The van der Waals surface area contributed by atoms with E-state index in [0.29, 0.717) is 6.04 Å². The molecule has 1 heterocycles. The van der Waals surface area contributed by atoms with Gasteiger partial charge in [-0.25, -0.2) is 9.97 Å². The summed E-state index contributed by atoms with van der Waals surface area (Å²) in [7, 11) is 0. The third-order valence-electron chi connectivity index (χ3n) is 4.18. The molecule has 1 aromatic rings. The minimum Gasteiger partial charge on any atom is -0.370 e. The van der Waals surface area contributed by atoms with E-state index in [1.807, 2.05) is 0 Å². The summed E-state index contributed by atoms with van der Waals surface area (Å²) < 4.78 is 0. The summed E-state index contributed by atoms with van der Waals surface area (Å²) in [5.74, 6) is 4.70. The van der Waals surface area contributed by atoms with Crippen LogP contribution in [0.2, 0.25) is 0 Å². The Morgan fingerprint density at radius 3 is 2.30 bits per heavy atom. The van der Waals surface area contributed by atoms with Crippen LogP contribution >= 0.6 is 0 Å². The molecule has 0 amide bonds. The Bertz CT molecular complexity index is 416. The maximum atomic E-state index is 4.70. The molecule has 1 aromatic heterocycles. The highest BCUT2D eigenvalue weighted by molar-refractivity contribution is 5.48. The molecular weight excluding hydrogens is 248 g/mol. The fourth-order valence-corrected chi connectivity index (χ4v) is 2.88. The smallest absolute Gasteiger partial charge is 0.133 e. The topological polar surface area (TPSA) is 49.8 Å². The molecule has 4 heteroatoms. The first-order valence-electron chi connectivity index (χ1n) is 8.18. The second kappa shape index (κ2) is 5.98. The van der Waals surface area contributed by atoms with E-state index in [4.69, 9.17) is 4.98 Å². The lowest BCUT2D eigenvalue weighted by Crippen LogP contribution is -2.25. The molecule has 0 aromatic carbocycles. The lowest BCUT2D eigenvalue weighted by atomic mass is 10.1. The fourth-order valence-electron chi connectivity index (χ4n) is 2.88. The molecule has 0 atom stereocenters. The summed E-state index contributed by atoms with van der Waals surface area (Å²) in [6.07, 6.45) is 7.60.